The molecule has 0 spiro atoms. The number of rotatable bonds is 9. The first-order valence-corrected chi connectivity index (χ1v) is 17.8. The first-order valence-electron chi connectivity index (χ1n) is 16.9. The SMILES string of the molecule is Cc1ncsc1-c1ccc(CNC(=O)[C@@H]2C[C@@H](O)CN2C(=O)[C@@H](NC(=O)C2CCN(c3ccncc3C3CNC3)CC2)C(C)(C)C)cc1. The Kier molecular flexibility index (Phi) is 10.1. The molecular weight excluding hydrogens is 627 g/mol. The lowest BCUT2D eigenvalue weighted by Gasteiger charge is -2.39. The number of anilines is 1. The molecule has 3 atom stereocenters. The number of carbonyl (C=O) groups excluding carboxylic acids is 3. The zero-order chi connectivity index (χ0) is 34.0. The first-order chi connectivity index (χ1) is 23.0. The number of β-amino-alcohol motifs (C(OH)–C–C–N with tert-alkyl or cyclic N) is 1. The third kappa shape index (κ3) is 7.40. The first kappa shape index (κ1) is 34.0. The maximum absolute atomic E-state index is 14.1. The summed E-state index contributed by atoms with van der Waals surface area (Å²) in [6.07, 6.45) is 4.48. The number of piperidine rings is 1. The molecule has 0 bridgehead atoms. The Hall–Kier alpha value is -3.87. The summed E-state index contributed by atoms with van der Waals surface area (Å²) in [6.45, 7) is 11.5. The molecule has 3 saturated heterocycles. The van der Waals surface area contributed by atoms with Gasteiger partial charge in [0.2, 0.25) is 17.7 Å². The number of nitrogens with one attached hydrogen (secondary N) is 3. The van der Waals surface area contributed by atoms with Crippen molar-refractivity contribution in [3.8, 4) is 10.4 Å². The average molecular weight is 674 g/mol. The number of thiazole rings is 1. The van der Waals surface area contributed by atoms with E-state index < -0.39 is 23.6 Å². The van der Waals surface area contributed by atoms with Crippen LogP contribution in [0.4, 0.5) is 5.69 Å². The average Bonchev–Trinajstić information content (AvgIpc) is 3.66. The van der Waals surface area contributed by atoms with Gasteiger partial charge in [-0.15, -0.1) is 11.3 Å². The molecule has 3 amide bonds. The van der Waals surface area contributed by atoms with Gasteiger partial charge in [-0.3, -0.25) is 19.4 Å². The number of amides is 3. The number of aliphatic hydroxyl groups excluding tert-OH is 1. The Morgan fingerprint density at radius 3 is 2.44 bits per heavy atom. The van der Waals surface area contributed by atoms with Crippen molar-refractivity contribution < 1.29 is 19.5 Å². The molecule has 3 fully saturated rings. The number of aliphatic hydroxyl groups is 1. The molecule has 1 aromatic carbocycles. The van der Waals surface area contributed by atoms with E-state index in [9.17, 15) is 19.5 Å². The van der Waals surface area contributed by atoms with Crippen molar-refractivity contribution in [1.29, 1.82) is 0 Å². The van der Waals surface area contributed by atoms with Crippen molar-refractivity contribution in [2.24, 2.45) is 11.3 Å². The monoisotopic (exact) mass is 673 g/mol. The minimum atomic E-state index is -0.843. The summed E-state index contributed by atoms with van der Waals surface area (Å²) in [7, 11) is 0. The quantitative estimate of drug-likeness (QED) is 0.272. The number of aryl methyl sites for hydroxylation is 1. The molecule has 0 unspecified atom stereocenters. The molecule has 3 aromatic rings. The third-order valence-electron chi connectivity index (χ3n) is 9.95. The molecule has 3 aliphatic rings. The van der Waals surface area contributed by atoms with E-state index in [1.807, 2.05) is 69.9 Å². The summed E-state index contributed by atoms with van der Waals surface area (Å²) in [5.74, 6) is -0.552. The van der Waals surface area contributed by atoms with E-state index in [0.717, 1.165) is 47.9 Å². The molecule has 0 radical (unpaired) electrons. The van der Waals surface area contributed by atoms with E-state index in [1.54, 1.807) is 11.3 Å². The van der Waals surface area contributed by atoms with Crippen LogP contribution < -0.4 is 20.9 Å². The van der Waals surface area contributed by atoms with Crippen molar-refractivity contribution in [2.45, 2.75) is 77.6 Å². The van der Waals surface area contributed by atoms with E-state index in [-0.39, 0.29) is 36.6 Å². The van der Waals surface area contributed by atoms with Crippen LogP contribution in [0.1, 0.15) is 62.8 Å². The molecule has 3 aliphatic heterocycles. The fourth-order valence-corrected chi connectivity index (χ4v) is 7.75. The molecule has 12 heteroatoms. The molecule has 11 nitrogen and oxygen atoms in total. The Balaban J connectivity index is 1.06. The maximum Gasteiger partial charge on any atom is 0.246 e. The molecule has 5 heterocycles. The smallest absolute Gasteiger partial charge is 0.246 e. The third-order valence-corrected chi connectivity index (χ3v) is 10.9. The van der Waals surface area contributed by atoms with Crippen molar-refractivity contribution >= 4 is 34.7 Å². The summed E-state index contributed by atoms with van der Waals surface area (Å²) in [4.78, 5) is 54.8. The molecule has 48 heavy (non-hydrogen) atoms. The summed E-state index contributed by atoms with van der Waals surface area (Å²) < 4.78 is 0. The highest BCUT2D eigenvalue weighted by Crippen LogP contribution is 2.33. The predicted octanol–water partition coefficient (Wildman–Crippen LogP) is 3.23. The zero-order valence-corrected chi connectivity index (χ0v) is 29.1. The topological polar surface area (TPSA) is 140 Å². The minimum Gasteiger partial charge on any atom is -0.391 e. The highest BCUT2D eigenvalue weighted by molar-refractivity contribution is 7.13. The van der Waals surface area contributed by atoms with Gasteiger partial charge in [-0.1, -0.05) is 45.0 Å². The molecule has 0 saturated carbocycles. The van der Waals surface area contributed by atoms with Gasteiger partial charge in [0.05, 0.1) is 22.2 Å². The van der Waals surface area contributed by atoms with Crippen molar-refractivity contribution in [3.63, 3.8) is 0 Å². The van der Waals surface area contributed by atoms with Crippen molar-refractivity contribution in [3.05, 3.63) is 65.1 Å². The van der Waals surface area contributed by atoms with Gasteiger partial charge >= 0.3 is 0 Å². The zero-order valence-electron chi connectivity index (χ0n) is 28.2. The van der Waals surface area contributed by atoms with Crippen LogP contribution in [-0.2, 0) is 20.9 Å². The molecule has 0 aliphatic carbocycles. The number of likely N-dealkylation sites (tertiary alicyclic amines) is 1. The van der Waals surface area contributed by atoms with Crippen LogP contribution >= 0.6 is 11.3 Å². The van der Waals surface area contributed by atoms with E-state index in [0.29, 0.717) is 25.3 Å². The summed E-state index contributed by atoms with van der Waals surface area (Å²) in [5.41, 5.74) is 6.65. The normalized spacial score (nSPS) is 21.1. The second-order valence-electron chi connectivity index (χ2n) is 14.4. The van der Waals surface area contributed by atoms with Crippen molar-refractivity contribution in [2.75, 3.05) is 37.6 Å². The van der Waals surface area contributed by atoms with Crippen LogP contribution in [0.2, 0.25) is 0 Å². The van der Waals surface area contributed by atoms with Crippen LogP contribution in [0.15, 0.2) is 48.2 Å². The van der Waals surface area contributed by atoms with Gasteiger partial charge in [0, 0.05) is 75.6 Å². The van der Waals surface area contributed by atoms with Crippen LogP contribution in [-0.4, -0.2) is 88.6 Å². The number of carbonyl (C=O) groups is 3. The van der Waals surface area contributed by atoms with Crippen LogP contribution in [0.5, 0.6) is 0 Å². The van der Waals surface area contributed by atoms with Crippen LogP contribution in [0.3, 0.4) is 0 Å². The lowest BCUT2D eigenvalue weighted by atomic mass is 9.84. The standard InChI is InChI=1S/C36H47N7O4S/c1-22-31(48-21-40-22)24-7-5-23(6-8-24)16-39-34(46)30-15-27(44)20-43(30)35(47)32(36(2,3)4)41-33(45)25-10-13-42(14-11-25)29-9-12-37-19-28(29)26-17-38-18-26/h5-9,12,19,21,25-27,30,32,38,44H,10-11,13-18,20H2,1-4H3,(H,39,46)(H,41,45)/t27-,30+,32-/m1/s1. The van der Waals surface area contributed by atoms with Gasteiger partial charge in [-0.2, -0.15) is 0 Å². The predicted molar refractivity (Wildman–Crippen MR) is 186 cm³/mol. The van der Waals surface area contributed by atoms with Crippen LogP contribution in [0.25, 0.3) is 10.4 Å². The highest BCUT2D eigenvalue weighted by atomic mass is 32.1. The number of aromatic nitrogens is 2. The van der Waals surface area contributed by atoms with Crippen LogP contribution in [0, 0.1) is 18.3 Å². The summed E-state index contributed by atoms with van der Waals surface area (Å²) >= 11 is 1.59. The summed E-state index contributed by atoms with van der Waals surface area (Å²) in [6, 6.07) is 8.38. The van der Waals surface area contributed by atoms with E-state index in [2.05, 4.69) is 36.9 Å². The largest absolute Gasteiger partial charge is 0.391 e. The molecule has 4 N–H and O–H groups in total. The fourth-order valence-electron chi connectivity index (χ4n) is 6.93. The van der Waals surface area contributed by atoms with Gasteiger partial charge in [0.1, 0.15) is 12.1 Å². The lowest BCUT2D eigenvalue weighted by molar-refractivity contribution is -0.144. The van der Waals surface area contributed by atoms with Crippen molar-refractivity contribution in [1.82, 2.24) is 30.8 Å². The fraction of sp³-hybridized carbons (Fsp3) is 0.528. The number of nitrogens with zero attached hydrogens (tertiary/aromatic N) is 4. The van der Waals surface area contributed by atoms with Gasteiger partial charge in [-0.05, 0) is 47.9 Å². The maximum atomic E-state index is 14.1. The van der Waals surface area contributed by atoms with E-state index >= 15 is 0 Å². The Morgan fingerprint density at radius 1 is 1.08 bits per heavy atom. The number of hydrogen-bond donors (Lipinski definition) is 4. The van der Waals surface area contributed by atoms with E-state index in [1.165, 1.54) is 16.2 Å². The molecule has 256 valence electrons. The highest BCUT2D eigenvalue weighted by Gasteiger charge is 2.45. The van der Waals surface area contributed by atoms with Gasteiger partial charge < -0.3 is 30.9 Å². The lowest BCUT2D eigenvalue weighted by Crippen LogP contribution is -2.58. The molecule has 6 rings (SSSR count). The molecule has 2 aromatic heterocycles. The van der Waals surface area contributed by atoms with Gasteiger partial charge in [-0.25, -0.2) is 4.98 Å². The Morgan fingerprint density at radius 2 is 1.81 bits per heavy atom. The Labute approximate surface area is 286 Å². The van der Waals surface area contributed by atoms with E-state index in [4.69, 9.17) is 0 Å². The summed E-state index contributed by atoms with van der Waals surface area (Å²) in [5, 5.41) is 20.0. The molecular formula is C36H47N7O4S. The van der Waals surface area contributed by atoms with Gasteiger partial charge in [0.25, 0.3) is 0 Å². The minimum absolute atomic E-state index is 0.0471. The Bertz CT molecular complexity index is 1610. The number of hydrogen-bond acceptors (Lipinski definition) is 9. The van der Waals surface area contributed by atoms with Gasteiger partial charge in [0.15, 0.2) is 0 Å². The second kappa shape index (κ2) is 14.3. The number of benzene rings is 1. The second-order valence-corrected chi connectivity index (χ2v) is 15.3. The number of pyridine rings is 1.